The number of ketones is 1. The minimum atomic E-state index is -0.650. The molecule has 0 spiro atoms. The number of Topliss-reactive ketones (excluding diaryl/α,β-unsaturated/α-hetero) is 1. The van der Waals surface area contributed by atoms with Crippen molar-refractivity contribution >= 4 is 17.4 Å². The van der Waals surface area contributed by atoms with E-state index >= 15 is 0 Å². The smallest absolute Gasteiger partial charge is 0.173 e. The number of carbonyl (C=O) groups excluding carboxylic acids is 1. The Morgan fingerprint density at radius 1 is 1.20 bits per heavy atom. The number of ether oxygens (including phenoxy) is 1. The molecule has 5 heteroatoms. The predicted molar refractivity (Wildman–Crippen MR) is 72.4 cm³/mol. The van der Waals surface area contributed by atoms with E-state index in [1.807, 2.05) is 0 Å². The van der Waals surface area contributed by atoms with Gasteiger partial charge in [-0.25, -0.2) is 8.78 Å². The molecule has 20 heavy (non-hydrogen) atoms. The van der Waals surface area contributed by atoms with Crippen LogP contribution in [0.1, 0.15) is 15.9 Å². The van der Waals surface area contributed by atoms with Gasteiger partial charge in [0.15, 0.2) is 5.78 Å². The van der Waals surface area contributed by atoms with E-state index in [9.17, 15) is 13.6 Å². The van der Waals surface area contributed by atoms with Crippen molar-refractivity contribution in [1.29, 1.82) is 0 Å². The van der Waals surface area contributed by atoms with Gasteiger partial charge in [-0.2, -0.15) is 0 Å². The topological polar surface area (TPSA) is 26.3 Å². The second-order valence-electron chi connectivity index (χ2n) is 4.17. The number of benzene rings is 2. The van der Waals surface area contributed by atoms with Crippen LogP contribution >= 0.6 is 11.6 Å². The molecule has 2 aromatic carbocycles. The van der Waals surface area contributed by atoms with E-state index < -0.39 is 17.4 Å². The van der Waals surface area contributed by atoms with E-state index in [4.69, 9.17) is 16.3 Å². The third-order valence-electron chi connectivity index (χ3n) is 2.82. The summed E-state index contributed by atoms with van der Waals surface area (Å²) in [5.41, 5.74) is 0.391. The van der Waals surface area contributed by atoms with Gasteiger partial charge in [-0.05, 0) is 29.8 Å². The molecule has 104 valence electrons. The van der Waals surface area contributed by atoms with Crippen LogP contribution in [0.3, 0.4) is 0 Å². The molecule has 0 saturated carbocycles. The molecule has 0 N–H and O–H groups in total. The number of rotatable bonds is 4. The Bertz CT molecular complexity index is 656. The van der Waals surface area contributed by atoms with Crippen molar-refractivity contribution in [3.05, 3.63) is 64.2 Å². The number of carbonyl (C=O) groups is 1. The summed E-state index contributed by atoms with van der Waals surface area (Å²) in [4.78, 5) is 12.2. The Kier molecular flexibility index (Phi) is 4.35. The Labute approximate surface area is 119 Å². The van der Waals surface area contributed by atoms with Crippen LogP contribution in [-0.2, 0) is 6.42 Å². The summed E-state index contributed by atoms with van der Waals surface area (Å²) in [7, 11) is 1.36. The van der Waals surface area contributed by atoms with Gasteiger partial charge >= 0.3 is 0 Å². The van der Waals surface area contributed by atoms with Gasteiger partial charge in [-0.3, -0.25) is 4.79 Å². The Balaban J connectivity index is 2.30. The molecule has 0 radical (unpaired) electrons. The fraction of sp³-hybridized carbons (Fsp3) is 0.133. The van der Waals surface area contributed by atoms with E-state index in [1.165, 1.54) is 43.5 Å². The third-order valence-corrected chi connectivity index (χ3v) is 3.11. The quantitative estimate of drug-likeness (QED) is 0.796. The summed E-state index contributed by atoms with van der Waals surface area (Å²) >= 11 is 5.65. The summed E-state index contributed by atoms with van der Waals surface area (Å²) in [6.07, 6.45) is -0.0860. The molecule has 0 unspecified atom stereocenters. The van der Waals surface area contributed by atoms with Crippen LogP contribution in [0.25, 0.3) is 0 Å². The fourth-order valence-corrected chi connectivity index (χ4v) is 2.07. The van der Waals surface area contributed by atoms with Crippen LogP contribution in [0.5, 0.6) is 5.75 Å². The zero-order valence-electron chi connectivity index (χ0n) is 10.6. The van der Waals surface area contributed by atoms with Crippen molar-refractivity contribution in [3.63, 3.8) is 0 Å². The number of halogens is 3. The van der Waals surface area contributed by atoms with Crippen molar-refractivity contribution in [3.8, 4) is 5.75 Å². The SMILES string of the molecule is COc1cccc(F)c1C(=O)Cc1ccc(F)c(Cl)c1. The lowest BCUT2D eigenvalue weighted by Crippen LogP contribution is -2.08. The highest BCUT2D eigenvalue weighted by atomic mass is 35.5. The first kappa shape index (κ1) is 14.5. The zero-order valence-corrected chi connectivity index (χ0v) is 11.4. The largest absolute Gasteiger partial charge is 0.496 e. The molecule has 0 heterocycles. The van der Waals surface area contributed by atoms with E-state index in [0.717, 1.165) is 0 Å². The van der Waals surface area contributed by atoms with Crippen molar-refractivity contribution in [1.82, 2.24) is 0 Å². The number of methoxy groups -OCH3 is 1. The Morgan fingerprint density at radius 2 is 1.95 bits per heavy atom. The van der Waals surface area contributed by atoms with E-state index in [0.29, 0.717) is 5.56 Å². The highest BCUT2D eigenvalue weighted by Gasteiger charge is 2.18. The van der Waals surface area contributed by atoms with Crippen LogP contribution in [0.2, 0.25) is 5.02 Å². The molecular weight excluding hydrogens is 286 g/mol. The summed E-state index contributed by atoms with van der Waals surface area (Å²) in [5, 5.41) is -0.0733. The molecule has 0 amide bonds. The third kappa shape index (κ3) is 2.96. The standard InChI is InChI=1S/C15H11ClF2O2/c1-20-14-4-2-3-12(18)15(14)13(19)8-9-5-6-11(17)10(16)7-9/h2-7H,8H2,1H3. The predicted octanol–water partition coefficient (Wildman–Crippen LogP) is 4.05. The highest BCUT2D eigenvalue weighted by molar-refractivity contribution is 6.30. The van der Waals surface area contributed by atoms with Gasteiger partial charge in [0.2, 0.25) is 0 Å². The maximum atomic E-state index is 13.7. The van der Waals surface area contributed by atoms with Gasteiger partial charge in [0.25, 0.3) is 0 Å². The lowest BCUT2D eigenvalue weighted by Gasteiger charge is -2.09. The van der Waals surface area contributed by atoms with Gasteiger partial charge in [-0.1, -0.05) is 23.7 Å². The maximum Gasteiger partial charge on any atom is 0.173 e. The molecule has 0 aliphatic rings. The normalized spacial score (nSPS) is 10.4. The van der Waals surface area contributed by atoms with Crippen molar-refractivity contribution in [2.75, 3.05) is 7.11 Å². The molecule has 0 aliphatic carbocycles. The molecule has 0 bridgehead atoms. The molecule has 0 fully saturated rings. The first-order valence-corrected chi connectivity index (χ1v) is 6.20. The summed E-state index contributed by atoms with van der Waals surface area (Å²) in [6, 6.07) is 8.11. The van der Waals surface area contributed by atoms with Gasteiger partial charge in [0, 0.05) is 6.42 Å². The number of hydrogen-bond donors (Lipinski definition) is 0. The molecule has 2 nitrogen and oxygen atoms in total. The van der Waals surface area contributed by atoms with Crippen LogP contribution in [0, 0.1) is 11.6 Å². The van der Waals surface area contributed by atoms with Crippen molar-refractivity contribution in [2.45, 2.75) is 6.42 Å². The second kappa shape index (κ2) is 6.01. The van der Waals surface area contributed by atoms with Crippen LogP contribution in [-0.4, -0.2) is 12.9 Å². The molecule has 0 aliphatic heterocycles. The summed E-state index contributed by atoms with van der Waals surface area (Å²) in [5.74, 6) is -1.50. The molecule has 0 atom stereocenters. The van der Waals surface area contributed by atoms with Crippen molar-refractivity contribution in [2.24, 2.45) is 0 Å². The average molecular weight is 297 g/mol. The van der Waals surface area contributed by atoms with Crippen LogP contribution in [0.4, 0.5) is 8.78 Å². The second-order valence-corrected chi connectivity index (χ2v) is 4.57. The van der Waals surface area contributed by atoms with E-state index in [2.05, 4.69) is 0 Å². The first-order valence-electron chi connectivity index (χ1n) is 5.82. The molecule has 0 aromatic heterocycles. The monoisotopic (exact) mass is 296 g/mol. The summed E-state index contributed by atoms with van der Waals surface area (Å²) in [6.45, 7) is 0. The Morgan fingerprint density at radius 3 is 2.60 bits per heavy atom. The first-order chi connectivity index (χ1) is 9.52. The zero-order chi connectivity index (χ0) is 14.7. The number of hydrogen-bond acceptors (Lipinski definition) is 2. The summed E-state index contributed by atoms with van der Waals surface area (Å²) < 4.78 is 31.8. The molecule has 0 saturated heterocycles. The van der Waals surface area contributed by atoms with Gasteiger partial charge in [0.05, 0.1) is 17.7 Å². The molecular formula is C15H11ClF2O2. The van der Waals surface area contributed by atoms with Crippen molar-refractivity contribution < 1.29 is 18.3 Å². The highest BCUT2D eigenvalue weighted by Crippen LogP contribution is 2.24. The van der Waals surface area contributed by atoms with E-state index in [-0.39, 0.29) is 22.8 Å². The Hall–Kier alpha value is -1.94. The minimum Gasteiger partial charge on any atom is -0.496 e. The fourth-order valence-electron chi connectivity index (χ4n) is 1.87. The van der Waals surface area contributed by atoms with Crippen LogP contribution in [0.15, 0.2) is 36.4 Å². The molecule has 2 aromatic rings. The minimum absolute atomic E-state index is 0.0733. The van der Waals surface area contributed by atoms with Gasteiger partial charge in [0.1, 0.15) is 17.4 Å². The molecule has 2 rings (SSSR count). The maximum absolute atomic E-state index is 13.7. The van der Waals surface area contributed by atoms with E-state index in [1.54, 1.807) is 0 Å². The average Bonchev–Trinajstić information content (AvgIpc) is 2.42. The van der Waals surface area contributed by atoms with Gasteiger partial charge in [-0.15, -0.1) is 0 Å². The lowest BCUT2D eigenvalue weighted by atomic mass is 10.0. The van der Waals surface area contributed by atoms with Crippen LogP contribution < -0.4 is 4.74 Å². The lowest BCUT2D eigenvalue weighted by molar-refractivity contribution is 0.0986. The van der Waals surface area contributed by atoms with Gasteiger partial charge < -0.3 is 4.74 Å².